The molecule has 0 saturated carbocycles. The van der Waals surface area contributed by atoms with Crippen LogP contribution in [0.15, 0.2) is 33.2 Å². The second-order valence-corrected chi connectivity index (χ2v) is 4.41. The molecule has 94 valence electrons. The van der Waals surface area contributed by atoms with E-state index in [-0.39, 0.29) is 6.54 Å². The van der Waals surface area contributed by atoms with Gasteiger partial charge in [0.25, 0.3) is 0 Å². The standard InChI is InChI=1S/C11H11BrN4O2/c12-8-4-2-1-3-7(8)11-16-15-10(18-11)6-14-5-9(13)17/h1-4,14H,5-6H2,(H2,13,17). The minimum Gasteiger partial charge on any atom is -0.419 e. The lowest BCUT2D eigenvalue weighted by molar-refractivity contribution is -0.117. The van der Waals surface area contributed by atoms with Gasteiger partial charge >= 0.3 is 0 Å². The zero-order valence-corrected chi connectivity index (χ0v) is 11.0. The Morgan fingerprint density at radius 3 is 2.89 bits per heavy atom. The molecule has 7 heteroatoms. The maximum absolute atomic E-state index is 10.5. The summed E-state index contributed by atoms with van der Waals surface area (Å²) >= 11 is 3.41. The fraction of sp³-hybridized carbons (Fsp3) is 0.182. The molecule has 1 heterocycles. The Morgan fingerprint density at radius 2 is 2.17 bits per heavy atom. The van der Waals surface area contributed by atoms with Crippen molar-refractivity contribution in [3.63, 3.8) is 0 Å². The Labute approximate surface area is 112 Å². The summed E-state index contributed by atoms with van der Waals surface area (Å²) in [6.45, 7) is 0.382. The van der Waals surface area contributed by atoms with Crippen molar-refractivity contribution in [2.24, 2.45) is 5.73 Å². The highest BCUT2D eigenvalue weighted by molar-refractivity contribution is 9.10. The van der Waals surface area contributed by atoms with Gasteiger partial charge in [-0.2, -0.15) is 0 Å². The van der Waals surface area contributed by atoms with E-state index in [0.717, 1.165) is 10.0 Å². The van der Waals surface area contributed by atoms with Gasteiger partial charge in [-0.25, -0.2) is 0 Å². The zero-order chi connectivity index (χ0) is 13.0. The lowest BCUT2D eigenvalue weighted by atomic mass is 10.2. The van der Waals surface area contributed by atoms with Crippen molar-refractivity contribution in [1.82, 2.24) is 15.5 Å². The summed E-state index contributed by atoms with van der Waals surface area (Å²) in [5, 5.41) is 10.6. The first-order valence-electron chi connectivity index (χ1n) is 5.23. The third-order valence-corrected chi connectivity index (χ3v) is 2.84. The Balaban J connectivity index is 2.06. The number of benzene rings is 1. The predicted octanol–water partition coefficient (Wildman–Crippen LogP) is 1.07. The number of nitrogens with two attached hydrogens (primary N) is 1. The van der Waals surface area contributed by atoms with Gasteiger partial charge in [-0.3, -0.25) is 10.1 Å². The molecule has 0 aliphatic rings. The first kappa shape index (κ1) is 12.7. The van der Waals surface area contributed by atoms with Gasteiger partial charge in [0.05, 0.1) is 18.7 Å². The van der Waals surface area contributed by atoms with Crippen LogP contribution in [0.1, 0.15) is 5.89 Å². The Hall–Kier alpha value is -1.73. The molecule has 18 heavy (non-hydrogen) atoms. The summed E-state index contributed by atoms with van der Waals surface area (Å²) in [6.07, 6.45) is 0. The number of nitrogens with one attached hydrogen (secondary N) is 1. The number of primary amides is 1. The molecule has 2 rings (SSSR count). The first-order chi connectivity index (χ1) is 8.66. The number of carbonyl (C=O) groups is 1. The summed E-state index contributed by atoms with van der Waals surface area (Å²) < 4.78 is 6.35. The van der Waals surface area contributed by atoms with E-state index < -0.39 is 5.91 Å². The molecule has 1 amide bonds. The van der Waals surface area contributed by atoms with Crippen molar-refractivity contribution < 1.29 is 9.21 Å². The van der Waals surface area contributed by atoms with Crippen molar-refractivity contribution in [2.75, 3.05) is 6.54 Å². The smallest absolute Gasteiger partial charge is 0.248 e. The van der Waals surface area contributed by atoms with Crippen molar-refractivity contribution in [1.29, 1.82) is 0 Å². The van der Waals surface area contributed by atoms with Gasteiger partial charge in [0, 0.05) is 4.47 Å². The summed E-state index contributed by atoms with van der Waals surface area (Å²) in [5.74, 6) is 0.404. The number of hydrogen-bond acceptors (Lipinski definition) is 5. The maximum Gasteiger partial charge on any atom is 0.248 e. The highest BCUT2D eigenvalue weighted by Crippen LogP contribution is 2.26. The topological polar surface area (TPSA) is 94.0 Å². The lowest BCUT2D eigenvalue weighted by Gasteiger charge is -1.98. The van der Waals surface area contributed by atoms with E-state index in [0.29, 0.717) is 18.3 Å². The average Bonchev–Trinajstić information content (AvgIpc) is 2.78. The van der Waals surface area contributed by atoms with E-state index in [4.69, 9.17) is 10.2 Å². The van der Waals surface area contributed by atoms with Crippen LogP contribution in [0.2, 0.25) is 0 Å². The molecular weight excluding hydrogens is 300 g/mol. The number of aromatic nitrogens is 2. The van der Waals surface area contributed by atoms with Crippen LogP contribution >= 0.6 is 15.9 Å². The van der Waals surface area contributed by atoms with Crippen LogP contribution in [-0.2, 0) is 11.3 Å². The molecule has 0 saturated heterocycles. The zero-order valence-electron chi connectivity index (χ0n) is 9.39. The van der Waals surface area contributed by atoms with Crippen molar-refractivity contribution in [3.8, 4) is 11.5 Å². The Bertz CT molecular complexity index is 555. The summed E-state index contributed by atoms with van der Waals surface area (Å²) in [7, 11) is 0. The molecule has 2 aromatic rings. The predicted molar refractivity (Wildman–Crippen MR) is 68.3 cm³/mol. The van der Waals surface area contributed by atoms with E-state index in [1.165, 1.54) is 0 Å². The van der Waals surface area contributed by atoms with E-state index in [2.05, 4.69) is 31.4 Å². The molecule has 6 nitrogen and oxygen atoms in total. The molecule has 0 unspecified atom stereocenters. The van der Waals surface area contributed by atoms with Crippen LogP contribution in [0, 0.1) is 0 Å². The van der Waals surface area contributed by atoms with Gasteiger partial charge in [-0.1, -0.05) is 12.1 Å². The Kier molecular flexibility index (Phi) is 4.06. The molecule has 1 aromatic carbocycles. The second-order valence-electron chi connectivity index (χ2n) is 3.55. The van der Waals surface area contributed by atoms with Gasteiger partial charge in [0.1, 0.15) is 0 Å². The van der Waals surface area contributed by atoms with E-state index >= 15 is 0 Å². The summed E-state index contributed by atoms with van der Waals surface area (Å²) in [4.78, 5) is 10.5. The normalized spacial score (nSPS) is 10.5. The van der Waals surface area contributed by atoms with Crippen LogP contribution in [0.3, 0.4) is 0 Å². The second kappa shape index (κ2) is 5.74. The third kappa shape index (κ3) is 3.14. The van der Waals surface area contributed by atoms with Gasteiger partial charge in [0.2, 0.25) is 17.7 Å². The fourth-order valence-corrected chi connectivity index (χ4v) is 1.82. The third-order valence-electron chi connectivity index (χ3n) is 2.15. The molecule has 1 aromatic heterocycles. The minimum absolute atomic E-state index is 0.0761. The molecule has 0 bridgehead atoms. The van der Waals surface area contributed by atoms with Gasteiger partial charge in [0.15, 0.2) is 0 Å². The number of amides is 1. The number of halogens is 1. The van der Waals surface area contributed by atoms with Crippen molar-refractivity contribution >= 4 is 21.8 Å². The molecule has 0 fully saturated rings. The highest BCUT2D eigenvalue weighted by Gasteiger charge is 2.10. The SMILES string of the molecule is NC(=O)CNCc1nnc(-c2ccccc2Br)o1. The van der Waals surface area contributed by atoms with Crippen LogP contribution in [0.4, 0.5) is 0 Å². The van der Waals surface area contributed by atoms with E-state index in [9.17, 15) is 4.79 Å². The average molecular weight is 311 g/mol. The molecule has 0 aliphatic heterocycles. The number of nitrogens with zero attached hydrogens (tertiary/aromatic N) is 2. The molecule has 3 N–H and O–H groups in total. The van der Waals surface area contributed by atoms with Gasteiger partial charge < -0.3 is 10.2 Å². The quantitative estimate of drug-likeness (QED) is 0.861. The monoisotopic (exact) mass is 310 g/mol. The highest BCUT2D eigenvalue weighted by atomic mass is 79.9. The maximum atomic E-state index is 10.5. The minimum atomic E-state index is -0.430. The molecule has 0 aliphatic carbocycles. The molecule has 0 radical (unpaired) electrons. The first-order valence-corrected chi connectivity index (χ1v) is 6.02. The summed E-state index contributed by atoms with van der Waals surface area (Å²) in [6, 6.07) is 7.55. The van der Waals surface area contributed by atoms with Crippen LogP contribution in [0.5, 0.6) is 0 Å². The fourth-order valence-electron chi connectivity index (χ4n) is 1.36. The van der Waals surface area contributed by atoms with Crippen LogP contribution in [0.25, 0.3) is 11.5 Å². The van der Waals surface area contributed by atoms with Crippen molar-refractivity contribution in [2.45, 2.75) is 6.54 Å². The Morgan fingerprint density at radius 1 is 1.39 bits per heavy atom. The lowest BCUT2D eigenvalue weighted by Crippen LogP contribution is -2.28. The number of carbonyl (C=O) groups excluding carboxylic acids is 1. The van der Waals surface area contributed by atoms with Gasteiger partial charge in [-0.05, 0) is 28.1 Å². The molecule has 0 spiro atoms. The van der Waals surface area contributed by atoms with Crippen molar-refractivity contribution in [3.05, 3.63) is 34.6 Å². The van der Waals surface area contributed by atoms with E-state index in [1.807, 2.05) is 24.3 Å². The van der Waals surface area contributed by atoms with Crippen LogP contribution < -0.4 is 11.1 Å². The van der Waals surface area contributed by atoms with Gasteiger partial charge in [-0.15, -0.1) is 10.2 Å². The van der Waals surface area contributed by atoms with E-state index in [1.54, 1.807) is 0 Å². The number of hydrogen-bond donors (Lipinski definition) is 2. The van der Waals surface area contributed by atoms with Crippen LogP contribution in [-0.4, -0.2) is 22.6 Å². The summed E-state index contributed by atoms with van der Waals surface area (Å²) in [5.41, 5.74) is 5.82. The largest absolute Gasteiger partial charge is 0.419 e. The number of rotatable bonds is 5. The molecule has 0 atom stereocenters. The molecular formula is C11H11BrN4O2.